The number of pyridine rings is 1. The quantitative estimate of drug-likeness (QED) is 0.787. The van der Waals surface area contributed by atoms with E-state index in [1.807, 2.05) is 0 Å². The number of aromatic nitrogens is 2. The van der Waals surface area contributed by atoms with Crippen LogP contribution in [0, 0.1) is 19.8 Å². The van der Waals surface area contributed by atoms with E-state index in [-0.39, 0.29) is 17.7 Å². The number of methoxy groups -OCH3 is 1. The van der Waals surface area contributed by atoms with Crippen LogP contribution >= 0.6 is 0 Å². The lowest BCUT2D eigenvalue weighted by Gasteiger charge is -2.31. The Bertz CT molecular complexity index is 883. The normalized spacial score (nSPS) is 14.6. The summed E-state index contributed by atoms with van der Waals surface area (Å²) in [6, 6.07) is 3.48. The van der Waals surface area contributed by atoms with Crippen molar-refractivity contribution >= 4 is 23.5 Å². The second-order valence-electron chi connectivity index (χ2n) is 6.91. The van der Waals surface area contributed by atoms with Crippen LogP contribution in [0.5, 0.6) is 0 Å². The molecule has 8 nitrogen and oxygen atoms in total. The molecule has 2 N–H and O–H groups in total. The summed E-state index contributed by atoms with van der Waals surface area (Å²) in [6.45, 7) is 4.44. The van der Waals surface area contributed by atoms with Gasteiger partial charge in [-0.25, -0.2) is 4.79 Å². The molecular formula is C20H24N4O4. The van der Waals surface area contributed by atoms with Crippen molar-refractivity contribution in [3.63, 3.8) is 0 Å². The number of aromatic amines is 1. The van der Waals surface area contributed by atoms with Crippen LogP contribution in [-0.2, 0) is 9.53 Å². The van der Waals surface area contributed by atoms with Crippen LogP contribution in [-0.4, -0.2) is 52.9 Å². The minimum Gasteiger partial charge on any atom is -0.465 e. The molecule has 2 amide bonds. The average molecular weight is 384 g/mol. The number of carbonyl (C=O) groups excluding carboxylic acids is 3. The summed E-state index contributed by atoms with van der Waals surface area (Å²) in [6.07, 6.45) is 4.43. The zero-order valence-electron chi connectivity index (χ0n) is 16.2. The Kier molecular flexibility index (Phi) is 5.77. The molecule has 28 heavy (non-hydrogen) atoms. The maximum absolute atomic E-state index is 12.9. The van der Waals surface area contributed by atoms with Gasteiger partial charge in [0.2, 0.25) is 5.91 Å². The molecule has 0 unspecified atom stereocenters. The van der Waals surface area contributed by atoms with Crippen LogP contribution in [0.2, 0.25) is 0 Å². The molecule has 0 bridgehead atoms. The summed E-state index contributed by atoms with van der Waals surface area (Å²) in [5, 5.41) is 2.89. The number of likely N-dealkylation sites (tertiary alicyclic amines) is 1. The van der Waals surface area contributed by atoms with E-state index in [1.54, 1.807) is 43.3 Å². The number of aryl methyl sites for hydroxylation is 1. The van der Waals surface area contributed by atoms with Gasteiger partial charge in [0.15, 0.2) is 0 Å². The van der Waals surface area contributed by atoms with Gasteiger partial charge >= 0.3 is 5.97 Å². The lowest BCUT2D eigenvalue weighted by Crippen LogP contribution is -2.41. The minimum atomic E-state index is -0.461. The van der Waals surface area contributed by atoms with Gasteiger partial charge in [-0.3, -0.25) is 14.6 Å². The fourth-order valence-corrected chi connectivity index (χ4v) is 3.55. The molecule has 1 saturated heterocycles. The van der Waals surface area contributed by atoms with Crippen molar-refractivity contribution in [3.05, 3.63) is 47.0 Å². The number of hydrogen-bond acceptors (Lipinski definition) is 5. The van der Waals surface area contributed by atoms with Gasteiger partial charge in [0, 0.05) is 42.8 Å². The highest BCUT2D eigenvalue weighted by atomic mass is 16.5. The topological polar surface area (TPSA) is 104 Å². The van der Waals surface area contributed by atoms with E-state index in [0.717, 1.165) is 0 Å². The zero-order valence-corrected chi connectivity index (χ0v) is 16.2. The van der Waals surface area contributed by atoms with Gasteiger partial charge in [-0.15, -0.1) is 0 Å². The van der Waals surface area contributed by atoms with Gasteiger partial charge < -0.3 is 19.9 Å². The Morgan fingerprint density at radius 1 is 1.18 bits per heavy atom. The lowest BCUT2D eigenvalue weighted by atomic mass is 9.95. The lowest BCUT2D eigenvalue weighted by molar-refractivity contribution is -0.121. The van der Waals surface area contributed by atoms with Gasteiger partial charge in [-0.05, 0) is 44.4 Å². The van der Waals surface area contributed by atoms with Crippen LogP contribution in [0.3, 0.4) is 0 Å². The van der Waals surface area contributed by atoms with Crippen molar-refractivity contribution in [2.24, 2.45) is 5.92 Å². The Morgan fingerprint density at radius 2 is 1.82 bits per heavy atom. The van der Waals surface area contributed by atoms with E-state index in [4.69, 9.17) is 4.74 Å². The standard InChI is InChI=1S/C20H24N4O4/c1-12-16(20(27)28-3)13(2)22-17(12)19(26)24-10-6-14(7-11-24)18(25)23-15-4-8-21-9-5-15/h4-5,8-9,14,22H,6-7,10-11H2,1-3H3,(H,21,23,25). The predicted octanol–water partition coefficient (Wildman–Crippen LogP) is 2.30. The van der Waals surface area contributed by atoms with Crippen LogP contribution in [0.15, 0.2) is 24.5 Å². The summed E-state index contributed by atoms with van der Waals surface area (Å²) in [5.41, 5.74) is 2.72. The van der Waals surface area contributed by atoms with Crippen molar-refractivity contribution in [1.82, 2.24) is 14.9 Å². The summed E-state index contributed by atoms with van der Waals surface area (Å²) >= 11 is 0. The molecule has 0 spiro atoms. The van der Waals surface area contributed by atoms with Crippen LogP contribution in [0.1, 0.15) is 44.9 Å². The summed E-state index contributed by atoms with van der Waals surface area (Å²) in [7, 11) is 1.32. The third-order valence-corrected chi connectivity index (χ3v) is 5.14. The monoisotopic (exact) mass is 384 g/mol. The van der Waals surface area contributed by atoms with E-state index in [1.165, 1.54) is 7.11 Å². The molecule has 148 valence electrons. The number of anilines is 1. The minimum absolute atomic E-state index is 0.0434. The second kappa shape index (κ2) is 8.24. The maximum Gasteiger partial charge on any atom is 0.339 e. The Morgan fingerprint density at radius 3 is 2.43 bits per heavy atom. The zero-order chi connectivity index (χ0) is 20.3. The smallest absolute Gasteiger partial charge is 0.339 e. The van der Waals surface area contributed by atoms with Crippen LogP contribution in [0.4, 0.5) is 5.69 Å². The number of ether oxygens (including phenoxy) is 1. The molecule has 3 heterocycles. The third kappa shape index (κ3) is 3.90. The van der Waals surface area contributed by atoms with Crippen molar-refractivity contribution in [2.45, 2.75) is 26.7 Å². The maximum atomic E-state index is 12.9. The van der Waals surface area contributed by atoms with Crippen molar-refractivity contribution in [2.75, 3.05) is 25.5 Å². The van der Waals surface area contributed by atoms with E-state index in [0.29, 0.717) is 54.1 Å². The van der Waals surface area contributed by atoms with Gasteiger partial charge in [-0.1, -0.05) is 0 Å². The SMILES string of the molecule is COC(=O)c1c(C)[nH]c(C(=O)N2CCC(C(=O)Nc3ccncc3)CC2)c1C. The van der Waals surface area contributed by atoms with E-state index in [2.05, 4.69) is 15.3 Å². The number of carbonyl (C=O) groups is 3. The van der Waals surface area contributed by atoms with Crippen LogP contribution < -0.4 is 5.32 Å². The number of rotatable bonds is 4. The molecule has 8 heteroatoms. The van der Waals surface area contributed by atoms with E-state index >= 15 is 0 Å². The second-order valence-corrected chi connectivity index (χ2v) is 6.91. The van der Waals surface area contributed by atoms with Crippen molar-refractivity contribution in [1.29, 1.82) is 0 Å². The Labute approximate surface area is 163 Å². The molecule has 0 aromatic carbocycles. The summed E-state index contributed by atoms with van der Waals surface area (Å²) < 4.78 is 4.79. The molecular weight excluding hydrogens is 360 g/mol. The molecule has 2 aromatic rings. The van der Waals surface area contributed by atoms with Gasteiger partial charge in [0.05, 0.1) is 12.7 Å². The number of nitrogens with zero attached hydrogens (tertiary/aromatic N) is 2. The van der Waals surface area contributed by atoms with Gasteiger partial charge in [0.1, 0.15) is 5.69 Å². The highest BCUT2D eigenvalue weighted by molar-refractivity contribution is 6.00. The molecule has 1 aliphatic rings. The van der Waals surface area contributed by atoms with Crippen molar-refractivity contribution in [3.8, 4) is 0 Å². The summed E-state index contributed by atoms with van der Waals surface area (Å²) in [5.74, 6) is -0.812. The molecule has 3 rings (SSSR count). The van der Waals surface area contributed by atoms with Gasteiger partial charge in [-0.2, -0.15) is 0 Å². The molecule has 1 fully saturated rings. The number of amides is 2. The first-order valence-electron chi connectivity index (χ1n) is 9.20. The predicted molar refractivity (Wildman–Crippen MR) is 103 cm³/mol. The highest BCUT2D eigenvalue weighted by Gasteiger charge is 2.30. The number of hydrogen-bond donors (Lipinski definition) is 2. The average Bonchev–Trinajstić information content (AvgIpc) is 3.01. The number of nitrogens with one attached hydrogen (secondary N) is 2. The fraction of sp³-hybridized carbons (Fsp3) is 0.400. The molecule has 0 radical (unpaired) electrons. The number of esters is 1. The highest BCUT2D eigenvalue weighted by Crippen LogP contribution is 2.24. The van der Waals surface area contributed by atoms with E-state index < -0.39 is 5.97 Å². The first kappa shape index (κ1) is 19.6. The van der Waals surface area contributed by atoms with Crippen molar-refractivity contribution < 1.29 is 19.1 Å². The summed E-state index contributed by atoms with van der Waals surface area (Å²) in [4.78, 5) is 45.9. The molecule has 1 aliphatic heterocycles. The van der Waals surface area contributed by atoms with Crippen LogP contribution in [0.25, 0.3) is 0 Å². The molecule has 0 aliphatic carbocycles. The van der Waals surface area contributed by atoms with Gasteiger partial charge in [0.25, 0.3) is 5.91 Å². The third-order valence-electron chi connectivity index (χ3n) is 5.14. The number of H-pyrrole nitrogens is 1. The number of piperidine rings is 1. The van der Waals surface area contributed by atoms with E-state index in [9.17, 15) is 14.4 Å². The Balaban J connectivity index is 1.63. The largest absolute Gasteiger partial charge is 0.465 e. The molecule has 2 aromatic heterocycles. The Hall–Kier alpha value is -3.16. The molecule has 0 atom stereocenters. The molecule has 0 saturated carbocycles. The fourth-order valence-electron chi connectivity index (χ4n) is 3.55. The first-order chi connectivity index (χ1) is 13.4. The first-order valence-corrected chi connectivity index (χ1v) is 9.20.